The van der Waals surface area contributed by atoms with Crippen LogP contribution in [0.3, 0.4) is 0 Å². The molecule has 0 unspecified atom stereocenters. The van der Waals surface area contributed by atoms with E-state index in [-0.39, 0.29) is 11.9 Å². The van der Waals surface area contributed by atoms with Gasteiger partial charge in [-0.3, -0.25) is 13.9 Å². The first-order valence-corrected chi connectivity index (χ1v) is 9.13. The number of aromatic nitrogens is 4. The lowest BCUT2D eigenvalue weighted by Gasteiger charge is -2.25. The van der Waals surface area contributed by atoms with Crippen LogP contribution in [0.1, 0.15) is 41.5 Å². The Morgan fingerprint density at radius 3 is 2.96 bits per heavy atom. The molecule has 1 amide bonds. The van der Waals surface area contributed by atoms with Crippen molar-refractivity contribution in [1.29, 1.82) is 0 Å². The van der Waals surface area contributed by atoms with Gasteiger partial charge < -0.3 is 4.90 Å². The molecule has 0 aliphatic carbocycles. The van der Waals surface area contributed by atoms with Crippen molar-refractivity contribution in [2.24, 2.45) is 7.05 Å². The molecule has 1 fully saturated rings. The Balaban J connectivity index is 1.57. The second-order valence-electron chi connectivity index (χ2n) is 6.46. The summed E-state index contributed by atoms with van der Waals surface area (Å²) in [7, 11) is 1.96. The monoisotopic (exact) mass is 343 g/mol. The fourth-order valence-electron chi connectivity index (χ4n) is 3.76. The Morgan fingerprint density at radius 2 is 2.25 bits per heavy atom. The summed E-state index contributed by atoms with van der Waals surface area (Å²) < 4.78 is 3.89. The molecule has 4 heterocycles. The van der Waals surface area contributed by atoms with Gasteiger partial charge in [-0.05, 0) is 26.7 Å². The molecule has 0 radical (unpaired) electrons. The molecule has 1 aliphatic heterocycles. The van der Waals surface area contributed by atoms with Crippen LogP contribution >= 0.6 is 11.3 Å². The molecule has 1 aliphatic rings. The van der Waals surface area contributed by atoms with Gasteiger partial charge in [0, 0.05) is 42.6 Å². The number of carbonyl (C=O) groups excluding carboxylic acids is 1. The number of aryl methyl sites for hydroxylation is 2. The summed E-state index contributed by atoms with van der Waals surface area (Å²) in [5, 5.41) is 6.52. The van der Waals surface area contributed by atoms with Crippen LogP contribution in [0.4, 0.5) is 0 Å². The van der Waals surface area contributed by atoms with Crippen LogP contribution in [-0.2, 0) is 18.3 Å². The molecule has 1 saturated heterocycles. The summed E-state index contributed by atoms with van der Waals surface area (Å²) in [6.45, 7) is 4.94. The van der Waals surface area contributed by atoms with Gasteiger partial charge in [-0.1, -0.05) is 0 Å². The molecule has 1 atom stereocenters. The summed E-state index contributed by atoms with van der Waals surface area (Å²) >= 11 is 1.59. The van der Waals surface area contributed by atoms with Gasteiger partial charge >= 0.3 is 0 Å². The second-order valence-corrected chi connectivity index (χ2v) is 7.33. The van der Waals surface area contributed by atoms with Gasteiger partial charge in [0.1, 0.15) is 0 Å². The summed E-state index contributed by atoms with van der Waals surface area (Å²) in [6, 6.07) is 0.148. The van der Waals surface area contributed by atoms with E-state index in [4.69, 9.17) is 0 Å². The molecule has 0 bridgehead atoms. The highest BCUT2D eigenvalue weighted by Gasteiger charge is 2.33. The molecule has 4 rings (SSSR count). The number of thiazole rings is 1. The molecule has 7 heteroatoms. The van der Waals surface area contributed by atoms with Crippen LogP contribution < -0.4 is 0 Å². The molecule has 6 nitrogen and oxygen atoms in total. The maximum absolute atomic E-state index is 12.9. The first-order chi connectivity index (χ1) is 11.5. The van der Waals surface area contributed by atoms with E-state index in [1.54, 1.807) is 11.3 Å². The Morgan fingerprint density at radius 1 is 1.42 bits per heavy atom. The van der Waals surface area contributed by atoms with E-state index in [0.29, 0.717) is 6.42 Å². The fraction of sp³-hybridized carbons (Fsp3) is 0.471. The molecule has 0 N–H and O–H groups in total. The molecule has 0 spiro atoms. The van der Waals surface area contributed by atoms with Gasteiger partial charge in [0.25, 0.3) is 0 Å². The smallest absolute Gasteiger partial charge is 0.229 e. The number of carbonyl (C=O) groups is 1. The topological polar surface area (TPSA) is 55.4 Å². The zero-order valence-electron chi connectivity index (χ0n) is 14.2. The van der Waals surface area contributed by atoms with E-state index in [9.17, 15) is 4.79 Å². The third-order valence-electron chi connectivity index (χ3n) is 4.95. The van der Waals surface area contributed by atoms with Crippen molar-refractivity contribution in [3.05, 3.63) is 40.4 Å². The minimum absolute atomic E-state index is 0.148. The average molecular weight is 343 g/mol. The van der Waals surface area contributed by atoms with E-state index in [1.165, 1.54) is 5.56 Å². The van der Waals surface area contributed by atoms with Crippen LogP contribution in [0.25, 0.3) is 4.96 Å². The maximum Gasteiger partial charge on any atom is 0.229 e. The predicted octanol–water partition coefficient (Wildman–Crippen LogP) is 2.65. The molecule has 3 aromatic heterocycles. The van der Waals surface area contributed by atoms with Crippen LogP contribution in [-0.4, -0.2) is 36.5 Å². The number of hydrogen-bond donors (Lipinski definition) is 0. The number of hydrogen-bond acceptors (Lipinski definition) is 4. The van der Waals surface area contributed by atoms with Crippen LogP contribution in [0.5, 0.6) is 0 Å². The summed E-state index contributed by atoms with van der Waals surface area (Å²) in [6.07, 6.45) is 6.35. The van der Waals surface area contributed by atoms with Crippen LogP contribution in [0.2, 0.25) is 0 Å². The quantitative estimate of drug-likeness (QED) is 0.735. The van der Waals surface area contributed by atoms with Crippen molar-refractivity contribution in [3.63, 3.8) is 0 Å². The Bertz CT molecular complexity index is 877. The number of nitrogens with zero attached hydrogens (tertiary/aromatic N) is 5. The van der Waals surface area contributed by atoms with Gasteiger partial charge in [-0.15, -0.1) is 11.3 Å². The third-order valence-corrected chi connectivity index (χ3v) is 5.72. The van der Waals surface area contributed by atoms with E-state index in [2.05, 4.69) is 17.0 Å². The number of rotatable bonds is 3. The van der Waals surface area contributed by atoms with Gasteiger partial charge in [0.2, 0.25) is 5.91 Å². The number of imidazole rings is 1. The van der Waals surface area contributed by atoms with E-state index < -0.39 is 0 Å². The largest absolute Gasteiger partial charge is 0.335 e. The van der Waals surface area contributed by atoms with Crippen molar-refractivity contribution in [1.82, 2.24) is 24.1 Å². The Labute approximate surface area is 144 Å². The highest BCUT2D eigenvalue weighted by Crippen LogP contribution is 2.35. The van der Waals surface area contributed by atoms with E-state index in [0.717, 1.165) is 41.4 Å². The van der Waals surface area contributed by atoms with Gasteiger partial charge in [-0.25, -0.2) is 4.98 Å². The van der Waals surface area contributed by atoms with Crippen LogP contribution in [0.15, 0.2) is 17.8 Å². The standard InChI is InChI=1S/C17H21N5OS/c1-11-16(12(2)20(3)19-11)14-5-4-6-22(14)15(23)9-13-10-21-7-8-24-17(21)18-13/h7-8,10,14H,4-6,9H2,1-3H3/t14-/m1/s1. The SMILES string of the molecule is Cc1nn(C)c(C)c1[C@H]1CCCN1C(=O)Cc1cn2ccsc2n1. The molecule has 3 aromatic rings. The molecule has 24 heavy (non-hydrogen) atoms. The number of amides is 1. The predicted molar refractivity (Wildman–Crippen MR) is 93.1 cm³/mol. The van der Waals surface area contributed by atoms with Crippen molar-refractivity contribution >= 4 is 22.2 Å². The molecule has 0 aromatic carbocycles. The molecular weight excluding hydrogens is 322 g/mol. The maximum atomic E-state index is 12.9. The zero-order valence-corrected chi connectivity index (χ0v) is 15.0. The summed E-state index contributed by atoms with van der Waals surface area (Å²) in [5.41, 5.74) is 4.24. The number of fused-ring (bicyclic) bond motifs is 1. The lowest BCUT2D eigenvalue weighted by molar-refractivity contribution is -0.131. The van der Waals surface area contributed by atoms with Crippen molar-refractivity contribution in [3.8, 4) is 0 Å². The first kappa shape index (κ1) is 15.4. The minimum atomic E-state index is 0.148. The number of likely N-dealkylation sites (tertiary alicyclic amines) is 1. The van der Waals surface area contributed by atoms with E-state index in [1.807, 2.05) is 45.7 Å². The molecule has 126 valence electrons. The minimum Gasteiger partial charge on any atom is -0.335 e. The third kappa shape index (κ3) is 2.43. The van der Waals surface area contributed by atoms with Crippen LogP contribution in [0, 0.1) is 13.8 Å². The second kappa shape index (κ2) is 5.73. The van der Waals surface area contributed by atoms with Crippen molar-refractivity contribution in [2.45, 2.75) is 39.2 Å². The first-order valence-electron chi connectivity index (χ1n) is 8.25. The summed E-state index contributed by atoms with van der Waals surface area (Å²) in [5.74, 6) is 0.158. The normalized spacial score (nSPS) is 18.0. The van der Waals surface area contributed by atoms with Gasteiger partial charge in [0.05, 0.1) is 23.9 Å². The molecular formula is C17H21N5OS. The highest BCUT2D eigenvalue weighted by molar-refractivity contribution is 7.15. The fourth-order valence-corrected chi connectivity index (χ4v) is 4.47. The highest BCUT2D eigenvalue weighted by atomic mass is 32.1. The Kier molecular flexibility index (Phi) is 3.68. The van der Waals surface area contributed by atoms with E-state index >= 15 is 0 Å². The molecule has 0 saturated carbocycles. The summed E-state index contributed by atoms with van der Waals surface area (Å²) in [4.78, 5) is 20.4. The zero-order chi connectivity index (χ0) is 16.8. The lowest BCUT2D eigenvalue weighted by Crippen LogP contribution is -2.32. The van der Waals surface area contributed by atoms with Gasteiger partial charge in [-0.2, -0.15) is 5.10 Å². The average Bonchev–Trinajstić information content (AvgIpc) is 3.25. The van der Waals surface area contributed by atoms with Gasteiger partial charge in [0.15, 0.2) is 4.96 Å². The lowest BCUT2D eigenvalue weighted by atomic mass is 10.0. The Hall–Kier alpha value is -2.15. The van der Waals surface area contributed by atoms with Crippen molar-refractivity contribution < 1.29 is 4.79 Å². The van der Waals surface area contributed by atoms with Crippen molar-refractivity contribution in [2.75, 3.05) is 6.54 Å².